The fraction of sp³-hybridized carbons (Fsp3) is 0.500. The van der Waals surface area contributed by atoms with Crippen LogP contribution in [0.5, 0.6) is 0 Å². The van der Waals surface area contributed by atoms with Crippen molar-refractivity contribution >= 4 is 5.69 Å². The molecule has 0 amide bonds. The second-order valence-corrected chi connectivity index (χ2v) is 3.97. The Labute approximate surface area is 95.0 Å². The van der Waals surface area contributed by atoms with E-state index in [2.05, 4.69) is 4.90 Å². The minimum Gasteiger partial charge on any atom is -0.373 e. The number of hydrogen-bond acceptors (Lipinski definition) is 3. The number of nitrogens with zero attached hydrogens (tertiary/aromatic N) is 1. The molecule has 1 atom stereocenters. The molecule has 1 aliphatic rings. The van der Waals surface area contributed by atoms with Crippen LogP contribution in [0.3, 0.4) is 0 Å². The van der Waals surface area contributed by atoms with E-state index in [1.165, 1.54) is 0 Å². The van der Waals surface area contributed by atoms with E-state index in [1.807, 2.05) is 24.3 Å². The zero-order valence-corrected chi connectivity index (χ0v) is 9.23. The summed E-state index contributed by atoms with van der Waals surface area (Å²) in [5.74, 6) is 0. The smallest absolute Gasteiger partial charge is 0.115 e. The highest BCUT2D eigenvalue weighted by Crippen LogP contribution is 2.18. The Morgan fingerprint density at radius 1 is 1.38 bits per heavy atom. The van der Waals surface area contributed by atoms with Crippen LogP contribution in [0.1, 0.15) is 5.56 Å². The average molecular weight is 224 g/mol. The summed E-state index contributed by atoms with van der Waals surface area (Å²) in [6.45, 7) is 2.51. The summed E-state index contributed by atoms with van der Waals surface area (Å²) in [7, 11) is 0. The number of halogens is 1. The summed E-state index contributed by atoms with van der Waals surface area (Å²) < 4.78 is 17.9. The van der Waals surface area contributed by atoms with Crippen LogP contribution in [0.15, 0.2) is 24.3 Å². The monoisotopic (exact) mass is 224 g/mol. The summed E-state index contributed by atoms with van der Waals surface area (Å²) in [6.07, 6.45) is 0.106. The number of hydrogen-bond donors (Lipinski definition) is 1. The van der Waals surface area contributed by atoms with E-state index in [1.54, 1.807) is 0 Å². The molecule has 1 aromatic carbocycles. The van der Waals surface area contributed by atoms with Gasteiger partial charge in [-0.25, -0.2) is 4.39 Å². The molecule has 2 rings (SSSR count). The zero-order chi connectivity index (χ0) is 11.4. The van der Waals surface area contributed by atoms with E-state index >= 15 is 0 Å². The van der Waals surface area contributed by atoms with Gasteiger partial charge >= 0.3 is 0 Å². The van der Waals surface area contributed by atoms with Gasteiger partial charge in [0.1, 0.15) is 6.67 Å². The molecule has 0 spiro atoms. The maximum Gasteiger partial charge on any atom is 0.115 e. The number of benzene rings is 1. The first-order valence-electron chi connectivity index (χ1n) is 5.55. The molecule has 16 heavy (non-hydrogen) atoms. The summed E-state index contributed by atoms with van der Waals surface area (Å²) in [6, 6.07) is 7.55. The van der Waals surface area contributed by atoms with Crippen molar-refractivity contribution in [2.24, 2.45) is 5.73 Å². The molecular formula is C12H17FN2O. The quantitative estimate of drug-likeness (QED) is 0.841. The number of anilines is 1. The first-order valence-corrected chi connectivity index (χ1v) is 5.55. The first kappa shape index (κ1) is 11.4. The lowest BCUT2D eigenvalue weighted by molar-refractivity contribution is 0.0466. The highest BCUT2D eigenvalue weighted by Gasteiger charge is 2.19. The van der Waals surface area contributed by atoms with Gasteiger partial charge in [-0.1, -0.05) is 12.1 Å². The lowest BCUT2D eigenvalue weighted by Crippen LogP contribution is -2.45. The van der Waals surface area contributed by atoms with Crippen LogP contribution in [-0.2, 0) is 11.4 Å². The van der Waals surface area contributed by atoms with E-state index in [0.717, 1.165) is 18.8 Å². The number of nitrogens with two attached hydrogens (primary N) is 1. The average Bonchev–Trinajstić information content (AvgIpc) is 2.39. The van der Waals surface area contributed by atoms with E-state index in [9.17, 15) is 4.39 Å². The summed E-state index contributed by atoms with van der Waals surface area (Å²) in [4.78, 5) is 2.23. The van der Waals surface area contributed by atoms with Crippen molar-refractivity contribution < 1.29 is 9.13 Å². The van der Waals surface area contributed by atoms with Crippen molar-refractivity contribution in [1.82, 2.24) is 0 Å². The van der Waals surface area contributed by atoms with Crippen LogP contribution in [0.25, 0.3) is 0 Å². The number of morpholine rings is 1. The van der Waals surface area contributed by atoms with Crippen LogP contribution in [0.4, 0.5) is 10.1 Å². The van der Waals surface area contributed by atoms with E-state index in [4.69, 9.17) is 10.5 Å². The molecule has 0 aromatic heterocycles. The third kappa shape index (κ3) is 2.51. The van der Waals surface area contributed by atoms with Crippen LogP contribution in [-0.4, -0.2) is 32.3 Å². The second-order valence-electron chi connectivity index (χ2n) is 3.97. The molecule has 3 nitrogen and oxygen atoms in total. The number of ether oxygens (including phenoxy) is 1. The molecule has 1 heterocycles. The van der Waals surface area contributed by atoms with E-state index in [0.29, 0.717) is 18.7 Å². The van der Waals surface area contributed by atoms with Crippen molar-refractivity contribution in [2.75, 3.05) is 31.1 Å². The highest BCUT2D eigenvalue weighted by atomic mass is 19.1. The molecule has 1 fully saturated rings. The first-order chi connectivity index (χ1) is 7.83. The normalized spacial score (nSPS) is 21.1. The maximum atomic E-state index is 12.4. The fourth-order valence-corrected chi connectivity index (χ4v) is 1.89. The van der Waals surface area contributed by atoms with Crippen molar-refractivity contribution in [1.29, 1.82) is 0 Å². The Morgan fingerprint density at radius 2 is 2.12 bits per heavy atom. The van der Waals surface area contributed by atoms with Crippen LogP contribution < -0.4 is 10.6 Å². The Kier molecular flexibility index (Phi) is 3.74. The minimum absolute atomic E-state index is 0.106. The van der Waals surface area contributed by atoms with Gasteiger partial charge in [-0.2, -0.15) is 0 Å². The molecule has 0 bridgehead atoms. The fourth-order valence-electron chi connectivity index (χ4n) is 1.89. The van der Waals surface area contributed by atoms with Gasteiger partial charge in [0.25, 0.3) is 0 Å². The third-order valence-corrected chi connectivity index (χ3v) is 2.86. The molecular weight excluding hydrogens is 207 g/mol. The van der Waals surface area contributed by atoms with E-state index in [-0.39, 0.29) is 6.10 Å². The predicted molar refractivity (Wildman–Crippen MR) is 62.3 cm³/mol. The van der Waals surface area contributed by atoms with Crippen LogP contribution in [0, 0.1) is 0 Å². The van der Waals surface area contributed by atoms with Gasteiger partial charge in [0.15, 0.2) is 0 Å². The standard InChI is InChI=1S/C12H17FN2O/c13-7-10-1-3-11(4-2-10)15-5-6-16-12(8-14)9-15/h1-4,12H,5-9,14H2/t12-/m0/s1. The largest absolute Gasteiger partial charge is 0.373 e. The Bertz CT molecular complexity index is 328. The van der Waals surface area contributed by atoms with Gasteiger partial charge in [-0.05, 0) is 17.7 Å². The van der Waals surface area contributed by atoms with Gasteiger partial charge in [-0.15, -0.1) is 0 Å². The minimum atomic E-state index is -0.408. The van der Waals surface area contributed by atoms with Gasteiger partial charge in [-0.3, -0.25) is 0 Å². The molecule has 0 aliphatic carbocycles. The lowest BCUT2D eigenvalue weighted by atomic mass is 10.2. The molecule has 1 aliphatic heterocycles. The Morgan fingerprint density at radius 3 is 2.75 bits per heavy atom. The molecule has 0 saturated carbocycles. The predicted octanol–water partition coefficient (Wildman–Crippen LogP) is 1.32. The van der Waals surface area contributed by atoms with Crippen molar-refractivity contribution in [3.8, 4) is 0 Å². The Hall–Kier alpha value is -1.13. The molecule has 0 unspecified atom stereocenters. The summed E-state index contributed by atoms with van der Waals surface area (Å²) in [5.41, 5.74) is 7.41. The summed E-state index contributed by atoms with van der Waals surface area (Å²) >= 11 is 0. The number of rotatable bonds is 3. The van der Waals surface area contributed by atoms with Gasteiger partial charge in [0.05, 0.1) is 12.7 Å². The molecule has 88 valence electrons. The van der Waals surface area contributed by atoms with Crippen LogP contribution in [0.2, 0.25) is 0 Å². The number of alkyl halides is 1. The van der Waals surface area contributed by atoms with Crippen LogP contribution >= 0.6 is 0 Å². The Balaban J connectivity index is 2.05. The van der Waals surface area contributed by atoms with Crippen molar-refractivity contribution in [3.63, 3.8) is 0 Å². The zero-order valence-electron chi connectivity index (χ0n) is 9.23. The SMILES string of the molecule is NC[C@H]1CN(c2ccc(CF)cc2)CCO1. The summed E-state index contributed by atoms with van der Waals surface area (Å²) in [5, 5.41) is 0. The molecule has 1 saturated heterocycles. The molecule has 2 N–H and O–H groups in total. The molecule has 1 aromatic rings. The third-order valence-electron chi connectivity index (χ3n) is 2.86. The molecule has 0 radical (unpaired) electrons. The lowest BCUT2D eigenvalue weighted by Gasteiger charge is -2.34. The van der Waals surface area contributed by atoms with Gasteiger partial charge < -0.3 is 15.4 Å². The van der Waals surface area contributed by atoms with Crippen molar-refractivity contribution in [3.05, 3.63) is 29.8 Å². The van der Waals surface area contributed by atoms with Gasteiger partial charge in [0.2, 0.25) is 0 Å². The molecule has 4 heteroatoms. The maximum absolute atomic E-state index is 12.4. The van der Waals surface area contributed by atoms with Gasteiger partial charge in [0, 0.05) is 25.3 Å². The second kappa shape index (κ2) is 5.27. The highest BCUT2D eigenvalue weighted by molar-refractivity contribution is 5.48. The van der Waals surface area contributed by atoms with Crippen molar-refractivity contribution in [2.45, 2.75) is 12.8 Å². The topological polar surface area (TPSA) is 38.5 Å². The van der Waals surface area contributed by atoms with E-state index < -0.39 is 6.67 Å².